The van der Waals surface area contributed by atoms with Crippen LogP contribution >= 0.6 is 0 Å². The number of hydrogen-bond acceptors (Lipinski definition) is 5. The minimum Gasteiger partial charge on any atom is -0.489 e. The molecule has 1 heterocycles. The second-order valence-electron chi connectivity index (χ2n) is 10.2. The molecule has 4 aromatic rings. The van der Waals surface area contributed by atoms with Crippen molar-refractivity contribution in [3.63, 3.8) is 0 Å². The van der Waals surface area contributed by atoms with E-state index >= 15 is 0 Å². The molecule has 8 heteroatoms. The number of carbonyl (C=O) groups is 1. The van der Waals surface area contributed by atoms with E-state index in [1.54, 1.807) is 0 Å². The van der Waals surface area contributed by atoms with E-state index in [4.69, 9.17) is 9.26 Å². The number of amides is 1. The van der Waals surface area contributed by atoms with Crippen molar-refractivity contribution in [1.82, 2.24) is 14.6 Å². The van der Waals surface area contributed by atoms with Crippen LogP contribution in [0.4, 0.5) is 0 Å². The Hall–Kier alpha value is -4.33. The first kappa shape index (κ1) is 26.3. The molecule has 1 saturated carbocycles. The summed E-state index contributed by atoms with van der Waals surface area (Å²) in [6.45, 7) is 2.59. The molecule has 8 nitrogen and oxygen atoms in total. The Kier molecular flexibility index (Phi) is 7.81. The summed E-state index contributed by atoms with van der Waals surface area (Å²) in [4.78, 5) is 39.9. The zero-order valence-corrected chi connectivity index (χ0v) is 22.3. The van der Waals surface area contributed by atoms with Gasteiger partial charge in [-0.3, -0.25) is 4.79 Å². The maximum atomic E-state index is 13.1. The molecule has 39 heavy (non-hydrogen) atoms. The molecule has 0 unspecified atom stereocenters. The average Bonchev–Trinajstić information content (AvgIpc) is 3.28. The van der Waals surface area contributed by atoms with Crippen LogP contribution in [0.15, 0.2) is 80.8 Å². The number of benzene rings is 3. The highest BCUT2D eigenvalue weighted by Crippen LogP contribution is 2.28. The first-order valence-electron chi connectivity index (χ1n) is 13.4. The van der Waals surface area contributed by atoms with Crippen LogP contribution in [0.5, 0.6) is 5.75 Å². The van der Waals surface area contributed by atoms with Gasteiger partial charge >= 0.3 is 11.4 Å². The molecule has 0 saturated heterocycles. The number of aromatic nitrogens is 2. The van der Waals surface area contributed by atoms with Gasteiger partial charge in [0.2, 0.25) is 0 Å². The van der Waals surface area contributed by atoms with Crippen molar-refractivity contribution >= 4 is 5.91 Å². The average molecular weight is 528 g/mol. The third-order valence-electron chi connectivity index (χ3n) is 7.44. The fraction of sp³-hybridized carbons (Fsp3) is 0.323. The fourth-order valence-electron chi connectivity index (χ4n) is 5.23. The molecule has 1 aliphatic rings. The van der Waals surface area contributed by atoms with Crippen molar-refractivity contribution in [1.29, 1.82) is 0 Å². The van der Waals surface area contributed by atoms with E-state index in [2.05, 4.69) is 17.1 Å². The van der Waals surface area contributed by atoms with E-state index in [1.807, 2.05) is 73.5 Å². The van der Waals surface area contributed by atoms with Gasteiger partial charge in [-0.1, -0.05) is 55.7 Å². The van der Waals surface area contributed by atoms with Crippen molar-refractivity contribution in [2.75, 3.05) is 7.05 Å². The molecule has 202 valence electrons. The third kappa shape index (κ3) is 6.22. The van der Waals surface area contributed by atoms with E-state index in [0.717, 1.165) is 51.0 Å². The Bertz CT molecular complexity index is 1560. The van der Waals surface area contributed by atoms with E-state index in [9.17, 15) is 14.4 Å². The van der Waals surface area contributed by atoms with Crippen LogP contribution in [0.1, 0.15) is 59.2 Å². The van der Waals surface area contributed by atoms with Crippen molar-refractivity contribution in [2.24, 2.45) is 0 Å². The number of H-pyrrole nitrogens is 1. The number of aromatic amines is 1. The number of nitrogens with zero attached hydrogens (tertiary/aromatic N) is 2. The summed E-state index contributed by atoms with van der Waals surface area (Å²) in [6.07, 6.45) is 5.84. The molecule has 0 spiro atoms. The smallest absolute Gasteiger partial charge is 0.440 e. The summed E-state index contributed by atoms with van der Waals surface area (Å²) in [5.41, 5.74) is 5.19. The van der Waals surface area contributed by atoms with Gasteiger partial charge in [0.05, 0.1) is 6.54 Å². The van der Waals surface area contributed by atoms with Crippen LogP contribution < -0.4 is 16.2 Å². The van der Waals surface area contributed by atoms with E-state index < -0.39 is 11.4 Å². The Morgan fingerprint density at radius 1 is 1.00 bits per heavy atom. The Morgan fingerprint density at radius 2 is 1.77 bits per heavy atom. The van der Waals surface area contributed by atoms with Gasteiger partial charge < -0.3 is 14.2 Å². The zero-order chi connectivity index (χ0) is 27.4. The molecule has 1 aliphatic carbocycles. The van der Waals surface area contributed by atoms with Gasteiger partial charge in [-0.05, 0) is 77.9 Å². The van der Waals surface area contributed by atoms with Crippen LogP contribution in [0.2, 0.25) is 0 Å². The van der Waals surface area contributed by atoms with Crippen LogP contribution in [-0.4, -0.2) is 33.6 Å². The molecular formula is C31H33N3O5. The number of aryl methyl sites for hydroxylation is 1. The van der Waals surface area contributed by atoms with E-state index in [-0.39, 0.29) is 12.5 Å². The fourth-order valence-corrected chi connectivity index (χ4v) is 5.23. The number of rotatable bonds is 8. The van der Waals surface area contributed by atoms with Crippen LogP contribution in [-0.2, 0) is 13.2 Å². The standard InChI is InChI=1S/C31H33N3O5/c1-21-17-25(29(35)33(2)26-9-4-3-5-10-26)13-16-28(21)24-8-6-7-23(18-24)20-38-27-14-11-22(12-15-27)19-34-30(36)32-31(37)39-34/h6-8,11-18,26H,3-5,9-10,19-20H2,1-2H3,(H,32,36,37). The van der Waals surface area contributed by atoms with Gasteiger partial charge in [-0.15, -0.1) is 4.74 Å². The normalized spacial score (nSPS) is 13.8. The summed E-state index contributed by atoms with van der Waals surface area (Å²) >= 11 is 0. The second-order valence-corrected chi connectivity index (χ2v) is 10.2. The highest BCUT2D eigenvalue weighted by atomic mass is 16.5. The number of carbonyl (C=O) groups excluding carboxylic acids is 1. The van der Waals surface area contributed by atoms with E-state index in [0.29, 0.717) is 18.4 Å². The summed E-state index contributed by atoms with van der Waals surface area (Å²) in [5.74, 6) is 0.00616. The lowest BCUT2D eigenvalue weighted by molar-refractivity contribution is 0.0696. The number of hydrogen-bond donors (Lipinski definition) is 1. The molecule has 1 fully saturated rings. The molecular weight excluding hydrogens is 494 g/mol. The molecule has 0 aliphatic heterocycles. The summed E-state index contributed by atoms with van der Waals surface area (Å²) < 4.78 is 11.8. The number of nitrogens with one attached hydrogen (secondary N) is 1. The van der Waals surface area contributed by atoms with Crippen molar-refractivity contribution in [3.05, 3.63) is 110 Å². The molecule has 1 amide bonds. The zero-order valence-electron chi connectivity index (χ0n) is 22.3. The maximum absolute atomic E-state index is 13.1. The lowest BCUT2D eigenvalue weighted by atomic mass is 9.93. The van der Waals surface area contributed by atoms with Crippen molar-refractivity contribution in [2.45, 2.75) is 58.2 Å². The van der Waals surface area contributed by atoms with Gasteiger partial charge in [0.15, 0.2) is 0 Å². The molecule has 0 radical (unpaired) electrons. The van der Waals surface area contributed by atoms with Crippen molar-refractivity contribution < 1.29 is 14.1 Å². The first-order valence-corrected chi connectivity index (χ1v) is 13.4. The Morgan fingerprint density at radius 3 is 2.46 bits per heavy atom. The molecule has 0 bridgehead atoms. The van der Waals surface area contributed by atoms with Gasteiger partial charge in [-0.2, -0.15) is 0 Å². The molecule has 0 atom stereocenters. The molecule has 5 rings (SSSR count). The molecule has 1 N–H and O–H groups in total. The topological polar surface area (TPSA) is 97.5 Å². The van der Waals surface area contributed by atoms with Crippen LogP contribution in [0, 0.1) is 6.92 Å². The van der Waals surface area contributed by atoms with Crippen LogP contribution in [0.3, 0.4) is 0 Å². The lowest BCUT2D eigenvalue weighted by Gasteiger charge is -2.31. The quantitative estimate of drug-likeness (QED) is 0.342. The lowest BCUT2D eigenvalue weighted by Crippen LogP contribution is -2.38. The van der Waals surface area contributed by atoms with E-state index in [1.165, 1.54) is 19.3 Å². The van der Waals surface area contributed by atoms with Gasteiger partial charge in [0.1, 0.15) is 12.4 Å². The van der Waals surface area contributed by atoms with Gasteiger partial charge in [-0.25, -0.2) is 14.6 Å². The molecule has 3 aromatic carbocycles. The summed E-state index contributed by atoms with van der Waals surface area (Å²) in [5, 5.41) is 0. The highest BCUT2D eigenvalue weighted by Gasteiger charge is 2.23. The molecule has 1 aromatic heterocycles. The largest absolute Gasteiger partial charge is 0.489 e. The van der Waals surface area contributed by atoms with Gasteiger partial charge in [0.25, 0.3) is 5.91 Å². The Balaban J connectivity index is 1.22. The third-order valence-corrected chi connectivity index (χ3v) is 7.44. The Labute approximate surface area is 226 Å². The monoisotopic (exact) mass is 527 g/mol. The minimum atomic E-state index is -0.774. The number of ether oxygens (including phenoxy) is 1. The predicted octanol–water partition coefficient (Wildman–Crippen LogP) is 5.14. The summed E-state index contributed by atoms with van der Waals surface area (Å²) in [6, 6.07) is 21.8. The maximum Gasteiger partial charge on any atom is 0.440 e. The first-order chi connectivity index (χ1) is 18.9. The highest BCUT2D eigenvalue weighted by molar-refractivity contribution is 5.95. The summed E-state index contributed by atoms with van der Waals surface area (Å²) in [7, 11) is 1.93. The van der Waals surface area contributed by atoms with Crippen LogP contribution in [0.25, 0.3) is 11.1 Å². The second kappa shape index (κ2) is 11.6. The van der Waals surface area contributed by atoms with Gasteiger partial charge in [0, 0.05) is 18.7 Å². The predicted molar refractivity (Wildman–Crippen MR) is 149 cm³/mol. The minimum absolute atomic E-state index is 0.0921. The van der Waals surface area contributed by atoms with Crippen molar-refractivity contribution in [3.8, 4) is 16.9 Å². The SMILES string of the molecule is Cc1cc(C(=O)N(C)C2CCCCC2)ccc1-c1cccc(COc2ccc(Cn3oc(=O)[nH]c3=O)cc2)c1.